The van der Waals surface area contributed by atoms with Gasteiger partial charge in [-0.05, 0) is 50.2 Å². The van der Waals surface area contributed by atoms with Crippen LogP contribution in [0, 0.1) is 0 Å². The lowest BCUT2D eigenvalue weighted by Gasteiger charge is -2.12. The summed E-state index contributed by atoms with van der Waals surface area (Å²) in [6.07, 6.45) is 0. The molecule has 0 bridgehead atoms. The maximum absolute atomic E-state index is 12.5. The van der Waals surface area contributed by atoms with Gasteiger partial charge in [-0.1, -0.05) is 13.8 Å². The van der Waals surface area contributed by atoms with Crippen molar-refractivity contribution in [1.82, 2.24) is 10.3 Å². The first-order valence-electron chi connectivity index (χ1n) is 10.3. The standard InChI is InChI=1S/C23H27N3O5/c1-5-29-19-9-7-15(11-20(19)30-6-2)22(28)24-13-21(27)25-16-8-10-18-17(12-16)26-23(31-18)14(3)4/h7-12,14H,5-6,13H2,1-4H3,(H,24,28)(H,25,27). The number of aromatic nitrogens is 1. The van der Waals surface area contributed by atoms with Crippen LogP contribution >= 0.6 is 0 Å². The molecule has 3 rings (SSSR count). The van der Waals surface area contributed by atoms with Crippen LogP contribution in [-0.2, 0) is 4.79 Å². The van der Waals surface area contributed by atoms with Gasteiger partial charge in [0.15, 0.2) is 23.0 Å². The number of oxazole rings is 1. The Labute approximate surface area is 180 Å². The molecule has 0 aliphatic carbocycles. The normalized spacial score (nSPS) is 10.9. The average molecular weight is 425 g/mol. The third-order valence-electron chi connectivity index (χ3n) is 4.40. The Hall–Kier alpha value is -3.55. The molecule has 2 aromatic carbocycles. The van der Waals surface area contributed by atoms with Crippen molar-refractivity contribution in [1.29, 1.82) is 0 Å². The first kappa shape index (κ1) is 22.1. The SMILES string of the molecule is CCOc1ccc(C(=O)NCC(=O)Nc2ccc3oc(C(C)C)nc3c2)cc1OCC. The van der Waals surface area contributed by atoms with Crippen LogP contribution in [0.3, 0.4) is 0 Å². The number of benzene rings is 2. The Kier molecular flexibility index (Phi) is 7.12. The molecule has 0 radical (unpaired) electrons. The van der Waals surface area contributed by atoms with E-state index in [4.69, 9.17) is 13.9 Å². The van der Waals surface area contributed by atoms with Gasteiger partial charge in [-0.15, -0.1) is 0 Å². The molecule has 0 saturated heterocycles. The minimum Gasteiger partial charge on any atom is -0.490 e. The first-order valence-corrected chi connectivity index (χ1v) is 10.3. The molecule has 0 saturated carbocycles. The number of anilines is 1. The number of amides is 2. The van der Waals surface area contributed by atoms with E-state index in [1.54, 1.807) is 36.4 Å². The first-order chi connectivity index (χ1) is 14.9. The molecular weight excluding hydrogens is 398 g/mol. The fourth-order valence-electron chi connectivity index (χ4n) is 2.93. The number of ether oxygens (including phenoxy) is 2. The van der Waals surface area contributed by atoms with Gasteiger partial charge in [-0.3, -0.25) is 9.59 Å². The van der Waals surface area contributed by atoms with Crippen molar-refractivity contribution in [2.24, 2.45) is 0 Å². The minimum absolute atomic E-state index is 0.173. The van der Waals surface area contributed by atoms with E-state index in [-0.39, 0.29) is 24.3 Å². The van der Waals surface area contributed by atoms with E-state index in [1.807, 2.05) is 27.7 Å². The number of fused-ring (bicyclic) bond motifs is 1. The molecule has 8 nitrogen and oxygen atoms in total. The topological polar surface area (TPSA) is 103 Å². The highest BCUT2D eigenvalue weighted by atomic mass is 16.5. The third kappa shape index (κ3) is 5.53. The number of carbonyl (C=O) groups is 2. The van der Waals surface area contributed by atoms with Gasteiger partial charge in [-0.2, -0.15) is 0 Å². The Morgan fingerprint density at radius 1 is 1.03 bits per heavy atom. The molecule has 8 heteroatoms. The van der Waals surface area contributed by atoms with Gasteiger partial charge >= 0.3 is 0 Å². The van der Waals surface area contributed by atoms with Crippen molar-refractivity contribution in [3.8, 4) is 11.5 Å². The van der Waals surface area contributed by atoms with Crippen molar-refractivity contribution in [2.75, 3.05) is 25.1 Å². The second kappa shape index (κ2) is 9.97. The number of nitrogens with zero attached hydrogens (tertiary/aromatic N) is 1. The highest BCUT2D eigenvalue weighted by molar-refractivity contribution is 6.00. The quantitative estimate of drug-likeness (QED) is 0.535. The van der Waals surface area contributed by atoms with E-state index < -0.39 is 0 Å². The lowest BCUT2D eigenvalue weighted by molar-refractivity contribution is -0.115. The van der Waals surface area contributed by atoms with Crippen LogP contribution in [0.4, 0.5) is 5.69 Å². The molecule has 31 heavy (non-hydrogen) atoms. The van der Waals surface area contributed by atoms with Gasteiger partial charge in [0.25, 0.3) is 5.91 Å². The van der Waals surface area contributed by atoms with Gasteiger partial charge in [-0.25, -0.2) is 4.98 Å². The predicted molar refractivity (Wildman–Crippen MR) is 118 cm³/mol. The van der Waals surface area contributed by atoms with E-state index in [1.165, 1.54) is 0 Å². The summed E-state index contributed by atoms with van der Waals surface area (Å²) in [5.74, 6) is 1.15. The highest BCUT2D eigenvalue weighted by Gasteiger charge is 2.14. The van der Waals surface area contributed by atoms with Crippen LogP contribution in [0.1, 0.15) is 49.9 Å². The summed E-state index contributed by atoms with van der Waals surface area (Å²) in [4.78, 5) is 29.2. The molecular formula is C23H27N3O5. The second-order valence-corrected chi connectivity index (χ2v) is 7.15. The zero-order valence-electron chi connectivity index (χ0n) is 18.2. The zero-order chi connectivity index (χ0) is 22.4. The van der Waals surface area contributed by atoms with Gasteiger partial charge in [0.05, 0.1) is 19.8 Å². The molecule has 0 unspecified atom stereocenters. The monoisotopic (exact) mass is 425 g/mol. The summed E-state index contributed by atoms with van der Waals surface area (Å²) >= 11 is 0. The summed E-state index contributed by atoms with van der Waals surface area (Å²) in [5.41, 5.74) is 2.29. The summed E-state index contributed by atoms with van der Waals surface area (Å²) in [5, 5.41) is 5.37. The minimum atomic E-state index is -0.382. The second-order valence-electron chi connectivity index (χ2n) is 7.15. The Bertz CT molecular complexity index is 1070. The van der Waals surface area contributed by atoms with Gasteiger partial charge in [0.1, 0.15) is 5.52 Å². The maximum Gasteiger partial charge on any atom is 0.251 e. The third-order valence-corrected chi connectivity index (χ3v) is 4.40. The number of hydrogen-bond donors (Lipinski definition) is 2. The van der Waals surface area contributed by atoms with Crippen molar-refractivity contribution in [2.45, 2.75) is 33.6 Å². The molecule has 0 aliphatic heterocycles. The van der Waals surface area contributed by atoms with Crippen LogP contribution in [0.15, 0.2) is 40.8 Å². The number of carbonyl (C=O) groups excluding carboxylic acids is 2. The zero-order valence-corrected chi connectivity index (χ0v) is 18.2. The molecule has 0 spiro atoms. The molecule has 164 valence electrons. The van der Waals surface area contributed by atoms with Gasteiger partial charge in [0, 0.05) is 17.2 Å². The van der Waals surface area contributed by atoms with Crippen LogP contribution in [0.5, 0.6) is 11.5 Å². The predicted octanol–water partition coefficient (Wildman–Crippen LogP) is 4.12. The summed E-state index contributed by atoms with van der Waals surface area (Å²) in [6.45, 7) is 8.48. The van der Waals surface area contributed by atoms with Crippen LogP contribution < -0.4 is 20.1 Å². The lowest BCUT2D eigenvalue weighted by atomic mass is 10.2. The molecule has 0 atom stereocenters. The summed E-state index contributed by atoms with van der Waals surface area (Å²) in [6, 6.07) is 10.2. The van der Waals surface area contributed by atoms with Crippen LogP contribution in [-0.4, -0.2) is 36.6 Å². The van der Waals surface area contributed by atoms with E-state index >= 15 is 0 Å². The molecule has 2 N–H and O–H groups in total. The highest BCUT2D eigenvalue weighted by Crippen LogP contribution is 2.28. The Morgan fingerprint density at radius 2 is 1.77 bits per heavy atom. The molecule has 1 heterocycles. The summed E-state index contributed by atoms with van der Waals surface area (Å²) in [7, 11) is 0. The number of rotatable bonds is 9. The molecule has 0 aliphatic rings. The van der Waals surface area contributed by atoms with Gasteiger partial charge in [0.2, 0.25) is 5.91 Å². The Balaban J connectivity index is 1.60. The molecule has 1 aromatic heterocycles. The largest absolute Gasteiger partial charge is 0.490 e. The average Bonchev–Trinajstić information content (AvgIpc) is 3.17. The molecule has 0 fully saturated rings. The van der Waals surface area contributed by atoms with Crippen molar-refractivity contribution >= 4 is 28.6 Å². The van der Waals surface area contributed by atoms with Gasteiger partial charge < -0.3 is 24.5 Å². The maximum atomic E-state index is 12.5. The Morgan fingerprint density at radius 3 is 2.48 bits per heavy atom. The van der Waals surface area contributed by atoms with Crippen molar-refractivity contribution in [3.05, 3.63) is 47.9 Å². The van der Waals surface area contributed by atoms with E-state index in [2.05, 4.69) is 15.6 Å². The van der Waals surface area contributed by atoms with Crippen molar-refractivity contribution in [3.63, 3.8) is 0 Å². The molecule has 2 amide bonds. The molecule has 3 aromatic rings. The van der Waals surface area contributed by atoms with Crippen molar-refractivity contribution < 1.29 is 23.5 Å². The van der Waals surface area contributed by atoms with Crippen LogP contribution in [0.25, 0.3) is 11.1 Å². The number of hydrogen-bond acceptors (Lipinski definition) is 6. The summed E-state index contributed by atoms with van der Waals surface area (Å²) < 4.78 is 16.7. The fourth-order valence-corrected chi connectivity index (χ4v) is 2.93. The number of nitrogens with one attached hydrogen (secondary N) is 2. The van der Waals surface area contributed by atoms with E-state index in [0.29, 0.717) is 53.0 Å². The lowest BCUT2D eigenvalue weighted by Crippen LogP contribution is -2.32. The van der Waals surface area contributed by atoms with E-state index in [0.717, 1.165) is 0 Å². The smallest absolute Gasteiger partial charge is 0.251 e. The van der Waals surface area contributed by atoms with E-state index in [9.17, 15) is 9.59 Å². The van der Waals surface area contributed by atoms with Crippen LogP contribution in [0.2, 0.25) is 0 Å². The fraction of sp³-hybridized carbons (Fsp3) is 0.348.